The molecule has 1 rings (SSSR count). The Hall–Kier alpha value is -1.99. The Morgan fingerprint density at radius 3 is 2.77 bits per heavy atom. The molecule has 2 N–H and O–H groups in total. The third-order valence-corrected chi connectivity index (χ3v) is 3.50. The number of amides is 1. The summed E-state index contributed by atoms with van der Waals surface area (Å²) in [6.07, 6.45) is 2.21. The first-order valence-electron chi connectivity index (χ1n) is 7.31. The average Bonchev–Trinajstić information content (AvgIpc) is 2.49. The Morgan fingerprint density at radius 1 is 1.45 bits per heavy atom. The minimum atomic E-state index is -0.405. The van der Waals surface area contributed by atoms with E-state index in [1.165, 1.54) is 6.20 Å². The highest BCUT2D eigenvalue weighted by Gasteiger charge is 2.14. The van der Waals surface area contributed by atoms with Crippen molar-refractivity contribution in [2.45, 2.75) is 33.1 Å². The lowest BCUT2D eigenvalue weighted by Gasteiger charge is -2.16. The lowest BCUT2D eigenvalue weighted by molar-refractivity contribution is -0.112. The summed E-state index contributed by atoms with van der Waals surface area (Å²) in [6.45, 7) is 6.71. The van der Waals surface area contributed by atoms with Crippen LogP contribution in [0.1, 0.15) is 37.3 Å². The Labute approximate surface area is 137 Å². The molecule has 22 heavy (non-hydrogen) atoms. The summed E-state index contributed by atoms with van der Waals surface area (Å²) in [7, 11) is 0. The van der Waals surface area contributed by atoms with Crippen molar-refractivity contribution in [2.75, 3.05) is 17.7 Å². The van der Waals surface area contributed by atoms with Crippen molar-refractivity contribution >= 4 is 23.2 Å². The standard InChI is InChI=1S/C17H22ClN3O/c1-12(2)15-7-4-6-13(3)16(15)21-17(22)14(10-19)11-20-9-5-8-18/h4,6-7,11-12,20H,5,8-9H2,1-3H3,(H,21,22)/b14-11-. The molecule has 0 unspecified atom stereocenters. The molecule has 1 amide bonds. The highest BCUT2D eigenvalue weighted by atomic mass is 35.5. The fraction of sp³-hybridized carbons (Fsp3) is 0.412. The second kappa shape index (κ2) is 9.11. The molecule has 0 aromatic heterocycles. The molecule has 0 atom stereocenters. The van der Waals surface area contributed by atoms with Gasteiger partial charge in [0, 0.05) is 24.3 Å². The number of carbonyl (C=O) groups excluding carboxylic acids is 1. The van der Waals surface area contributed by atoms with Gasteiger partial charge in [-0.05, 0) is 30.4 Å². The lowest BCUT2D eigenvalue weighted by Crippen LogP contribution is -2.19. The molecule has 118 valence electrons. The van der Waals surface area contributed by atoms with Gasteiger partial charge in [0.25, 0.3) is 5.91 Å². The van der Waals surface area contributed by atoms with Crippen LogP contribution in [-0.4, -0.2) is 18.3 Å². The summed E-state index contributed by atoms with van der Waals surface area (Å²) in [5.74, 6) is 0.416. The van der Waals surface area contributed by atoms with Crippen LogP contribution in [0.3, 0.4) is 0 Å². The third kappa shape index (κ3) is 5.09. The number of aryl methyl sites for hydroxylation is 1. The molecule has 0 bridgehead atoms. The van der Waals surface area contributed by atoms with E-state index in [9.17, 15) is 4.79 Å². The molecule has 0 aliphatic carbocycles. The zero-order chi connectivity index (χ0) is 16.5. The molecule has 0 aliphatic heterocycles. The van der Waals surface area contributed by atoms with E-state index < -0.39 is 5.91 Å². The van der Waals surface area contributed by atoms with Crippen molar-refractivity contribution in [1.29, 1.82) is 5.26 Å². The number of nitrogens with one attached hydrogen (secondary N) is 2. The minimum absolute atomic E-state index is 0.0486. The normalized spacial score (nSPS) is 11.2. The van der Waals surface area contributed by atoms with Crippen LogP contribution in [0, 0.1) is 18.3 Å². The van der Waals surface area contributed by atoms with E-state index in [4.69, 9.17) is 16.9 Å². The van der Waals surface area contributed by atoms with Crippen molar-refractivity contribution in [2.24, 2.45) is 0 Å². The van der Waals surface area contributed by atoms with Gasteiger partial charge in [-0.25, -0.2) is 0 Å². The average molecular weight is 320 g/mol. The number of nitrogens with zero attached hydrogens (tertiary/aromatic N) is 1. The molecular weight excluding hydrogens is 298 g/mol. The number of nitriles is 1. The summed E-state index contributed by atoms with van der Waals surface area (Å²) >= 11 is 5.58. The maximum absolute atomic E-state index is 12.3. The van der Waals surface area contributed by atoms with Crippen molar-refractivity contribution in [3.63, 3.8) is 0 Å². The van der Waals surface area contributed by atoms with Crippen molar-refractivity contribution in [3.8, 4) is 6.07 Å². The second-order valence-electron chi connectivity index (χ2n) is 5.31. The first-order valence-corrected chi connectivity index (χ1v) is 7.85. The monoisotopic (exact) mass is 319 g/mol. The van der Waals surface area contributed by atoms with Gasteiger partial charge < -0.3 is 10.6 Å². The van der Waals surface area contributed by atoms with Crippen LogP contribution in [0.15, 0.2) is 30.0 Å². The summed E-state index contributed by atoms with van der Waals surface area (Å²) < 4.78 is 0. The van der Waals surface area contributed by atoms with Gasteiger partial charge in [0.1, 0.15) is 11.6 Å². The number of carbonyl (C=O) groups is 1. The lowest BCUT2D eigenvalue weighted by atomic mass is 9.98. The van der Waals surface area contributed by atoms with Gasteiger partial charge in [-0.3, -0.25) is 4.79 Å². The molecule has 0 heterocycles. The predicted octanol–water partition coefficient (Wildman–Crippen LogP) is 3.68. The SMILES string of the molecule is Cc1cccc(C(C)C)c1NC(=O)/C(C#N)=C\NCCCCl. The molecular formula is C17H22ClN3O. The molecule has 5 heteroatoms. The van der Waals surface area contributed by atoms with Crippen molar-refractivity contribution in [3.05, 3.63) is 41.1 Å². The number of benzene rings is 1. The molecule has 0 radical (unpaired) electrons. The molecule has 0 aliphatic rings. The highest BCUT2D eigenvalue weighted by Crippen LogP contribution is 2.27. The largest absolute Gasteiger partial charge is 0.390 e. The molecule has 0 saturated carbocycles. The van der Waals surface area contributed by atoms with Gasteiger partial charge in [-0.2, -0.15) is 5.26 Å². The zero-order valence-corrected chi connectivity index (χ0v) is 14.0. The van der Waals surface area contributed by atoms with Crippen LogP contribution in [0.5, 0.6) is 0 Å². The maximum Gasteiger partial charge on any atom is 0.267 e. The number of alkyl halides is 1. The van der Waals surface area contributed by atoms with Crippen molar-refractivity contribution in [1.82, 2.24) is 5.32 Å². The molecule has 1 aromatic carbocycles. The summed E-state index contributed by atoms with van der Waals surface area (Å²) in [6, 6.07) is 7.82. The Morgan fingerprint density at radius 2 is 2.18 bits per heavy atom. The van der Waals surface area contributed by atoms with E-state index >= 15 is 0 Å². The first kappa shape index (κ1) is 18.1. The molecule has 0 spiro atoms. The van der Waals surface area contributed by atoms with E-state index in [1.807, 2.05) is 31.2 Å². The van der Waals surface area contributed by atoms with Crippen LogP contribution in [0.4, 0.5) is 5.69 Å². The first-order chi connectivity index (χ1) is 10.5. The number of hydrogen-bond donors (Lipinski definition) is 2. The molecule has 0 saturated heterocycles. The Balaban J connectivity index is 2.90. The molecule has 0 fully saturated rings. The van der Waals surface area contributed by atoms with E-state index in [0.717, 1.165) is 23.2 Å². The minimum Gasteiger partial charge on any atom is -0.390 e. The molecule has 1 aromatic rings. The number of halogens is 1. The fourth-order valence-corrected chi connectivity index (χ4v) is 2.15. The van der Waals surface area contributed by atoms with Crippen LogP contribution >= 0.6 is 11.6 Å². The van der Waals surface area contributed by atoms with Crippen LogP contribution < -0.4 is 10.6 Å². The number of rotatable bonds is 7. The van der Waals surface area contributed by atoms with Gasteiger partial charge >= 0.3 is 0 Å². The van der Waals surface area contributed by atoms with E-state index in [0.29, 0.717) is 12.4 Å². The second-order valence-corrected chi connectivity index (χ2v) is 5.69. The zero-order valence-electron chi connectivity index (χ0n) is 13.2. The third-order valence-electron chi connectivity index (χ3n) is 3.23. The smallest absolute Gasteiger partial charge is 0.267 e. The van der Waals surface area contributed by atoms with Gasteiger partial charge in [0.15, 0.2) is 0 Å². The summed E-state index contributed by atoms with van der Waals surface area (Å²) in [4.78, 5) is 12.3. The number of para-hydroxylation sites is 1. The maximum atomic E-state index is 12.3. The van der Waals surface area contributed by atoms with E-state index in [1.54, 1.807) is 0 Å². The van der Waals surface area contributed by atoms with E-state index in [-0.39, 0.29) is 11.5 Å². The van der Waals surface area contributed by atoms with Gasteiger partial charge in [-0.15, -0.1) is 11.6 Å². The summed E-state index contributed by atoms with van der Waals surface area (Å²) in [5, 5.41) is 14.9. The Kier molecular flexibility index (Phi) is 7.48. The van der Waals surface area contributed by atoms with E-state index in [2.05, 4.69) is 24.5 Å². The van der Waals surface area contributed by atoms with Crippen LogP contribution in [0.2, 0.25) is 0 Å². The van der Waals surface area contributed by atoms with Gasteiger partial charge in [0.2, 0.25) is 0 Å². The van der Waals surface area contributed by atoms with Crippen LogP contribution in [-0.2, 0) is 4.79 Å². The fourth-order valence-electron chi connectivity index (χ4n) is 2.01. The Bertz CT molecular complexity index is 588. The van der Waals surface area contributed by atoms with Gasteiger partial charge in [0.05, 0.1) is 0 Å². The molecule has 4 nitrogen and oxygen atoms in total. The number of hydrogen-bond acceptors (Lipinski definition) is 3. The van der Waals surface area contributed by atoms with Gasteiger partial charge in [-0.1, -0.05) is 32.0 Å². The summed E-state index contributed by atoms with van der Waals surface area (Å²) in [5.41, 5.74) is 2.87. The predicted molar refractivity (Wildman–Crippen MR) is 90.9 cm³/mol. The number of anilines is 1. The van der Waals surface area contributed by atoms with Crippen molar-refractivity contribution < 1.29 is 4.79 Å². The van der Waals surface area contributed by atoms with Crippen LogP contribution in [0.25, 0.3) is 0 Å². The topological polar surface area (TPSA) is 64.9 Å². The quantitative estimate of drug-likeness (QED) is 0.349. The highest BCUT2D eigenvalue weighted by molar-refractivity contribution is 6.17.